The molecule has 2 nitrogen and oxygen atoms in total. The van der Waals surface area contributed by atoms with Crippen LogP contribution < -0.4 is 0 Å². The van der Waals surface area contributed by atoms with Gasteiger partial charge in [-0.1, -0.05) is 6.07 Å². The van der Waals surface area contributed by atoms with Crippen molar-refractivity contribution in [1.82, 2.24) is 9.97 Å². The molecule has 4 rings (SSSR count). The maximum absolute atomic E-state index is 4.61. The summed E-state index contributed by atoms with van der Waals surface area (Å²) in [6.45, 7) is 4.44. The molecule has 1 N–H and O–H groups in total. The summed E-state index contributed by atoms with van der Waals surface area (Å²) in [6.07, 6.45) is 6.95. The predicted molar refractivity (Wildman–Crippen MR) is 79.7 cm³/mol. The van der Waals surface area contributed by atoms with E-state index in [4.69, 9.17) is 0 Å². The van der Waals surface area contributed by atoms with Crippen molar-refractivity contribution in [3.05, 3.63) is 40.7 Å². The lowest BCUT2D eigenvalue weighted by atomic mass is 9.92. The van der Waals surface area contributed by atoms with Gasteiger partial charge in [-0.15, -0.1) is 0 Å². The van der Waals surface area contributed by atoms with E-state index in [1.165, 1.54) is 64.3 Å². The van der Waals surface area contributed by atoms with Gasteiger partial charge in [-0.3, -0.25) is 4.98 Å². The lowest BCUT2D eigenvalue weighted by molar-refractivity contribution is 0.680. The maximum Gasteiger partial charge on any atom is 0.0741 e. The second-order valence-electron chi connectivity index (χ2n) is 5.69. The number of nitrogens with zero attached hydrogens (tertiary/aromatic N) is 1. The normalized spacial score (nSPS) is 15.1. The number of fused-ring (bicyclic) bond motifs is 4. The molecule has 3 aromatic rings. The van der Waals surface area contributed by atoms with E-state index < -0.39 is 0 Å². The number of benzene rings is 1. The van der Waals surface area contributed by atoms with Gasteiger partial charge in [0.25, 0.3) is 0 Å². The summed E-state index contributed by atoms with van der Waals surface area (Å²) in [5.41, 5.74) is 8.20. The molecule has 0 radical (unpaired) electrons. The molecule has 0 saturated carbocycles. The van der Waals surface area contributed by atoms with E-state index in [2.05, 4.69) is 29.9 Å². The average molecular weight is 250 g/mol. The molecule has 0 amide bonds. The van der Waals surface area contributed by atoms with Gasteiger partial charge in [0, 0.05) is 28.2 Å². The maximum atomic E-state index is 4.61. The first-order chi connectivity index (χ1) is 9.27. The predicted octanol–water partition coefficient (Wildman–Crippen LogP) is 4.21. The fourth-order valence-electron chi connectivity index (χ4n) is 3.64. The molecule has 2 heteroatoms. The van der Waals surface area contributed by atoms with Gasteiger partial charge in [-0.05, 0) is 62.3 Å². The molecule has 2 aromatic heterocycles. The monoisotopic (exact) mass is 250 g/mol. The lowest BCUT2D eigenvalue weighted by Gasteiger charge is -2.12. The van der Waals surface area contributed by atoms with Gasteiger partial charge in [0.05, 0.1) is 5.52 Å². The van der Waals surface area contributed by atoms with Crippen LogP contribution in [0.2, 0.25) is 0 Å². The fourth-order valence-corrected chi connectivity index (χ4v) is 3.64. The van der Waals surface area contributed by atoms with E-state index in [0.717, 1.165) is 0 Å². The van der Waals surface area contributed by atoms with Crippen LogP contribution in [0, 0.1) is 13.8 Å². The molecule has 1 aliphatic rings. The largest absolute Gasteiger partial charge is 0.358 e. The minimum atomic E-state index is 1.17. The van der Waals surface area contributed by atoms with Crippen molar-refractivity contribution in [3.63, 3.8) is 0 Å². The third kappa shape index (κ3) is 1.40. The highest BCUT2D eigenvalue weighted by molar-refractivity contribution is 6.04. The molecule has 0 unspecified atom stereocenters. The Kier molecular flexibility index (Phi) is 2.22. The first-order valence-electron chi connectivity index (χ1n) is 7.14. The van der Waals surface area contributed by atoms with Gasteiger partial charge in [0.15, 0.2) is 0 Å². The van der Waals surface area contributed by atoms with Crippen LogP contribution in [0.1, 0.15) is 35.2 Å². The number of nitrogens with one attached hydrogen (secondary N) is 1. The molecule has 0 bridgehead atoms. The van der Waals surface area contributed by atoms with Gasteiger partial charge in [0.2, 0.25) is 0 Å². The van der Waals surface area contributed by atoms with Crippen molar-refractivity contribution in [2.24, 2.45) is 0 Å². The fraction of sp³-hybridized carbons (Fsp3) is 0.353. The second-order valence-corrected chi connectivity index (χ2v) is 5.69. The quantitative estimate of drug-likeness (QED) is 0.636. The second kappa shape index (κ2) is 3.83. The standard InChI is InChI=1S/C17H18N2/c1-10-12-7-5-9-18-16(12)11(2)15-13-6-3-4-8-14(13)19-17(10)15/h5,7,9,19H,3-4,6,8H2,1-2H3. The third-order valence-corrected chi connectivity index (χ3v) is 4.61. The first kappa shape index (κ1) is 11.0. The van der Waals surface area contributed by atoms with E-state index in [1.807, 2.05) is 12.3 Å². The Morgan fingerprint density at radius 3 is 2.84 bits per heavy atom. The van der Waals surface area contributed by atoms with Gasteiger partial charge >= 0.3 is 0 Å². The van der Waals surface area contributed by atoms with E-state index in [9.17, 15) is 0 Å². The summed E-state index contributed by atoms with van der Waals surface area (Å²) in [4.78, 5) is 8.30. The van der Waals surface area contributed by atoms with Crippen molar-refractivity contribution in [3.8, 4) is 0 Å². The minimum Gasteiger partial charge on any atom is -0.358 e. The van der Waals surface area contributed by atoms with Crippen LogP contribution in [-0.4, -0.2) is 9.97 Å². The van der Waals surface area contributed by atoms with Gasteiger partial charge in [-0.25, -0.2) is 0 Å². The van der Waals surface area contributed by atoms with Crippen molar-refractivity contribution in [2.45, 2.75) is 39.5 Å². The lowest BCUT2D eigenvalue weighted by Crippen LogP contribution is -2.00. The zero-order valence-corrected chi connectivity index (χ0v) is 11.5. The Morgan fingerprint density at radius 1 is 1.11 bits per heavy atom. The highest BCUT2D eigenvalue weighted by atomic mass is 14.7. The Hall–Kier alpha value is -1.83. The molecule has 19 heavy (non-hydrogen) atoms. The first-order valence-corrected chi connectivity index (χ1v) is 7.14. The van der Waals surface area contributed by atoms with Crippen LogP contribution in [0.15, 0.2) is 18.3 Å². The SMILES string of the molecule is Cc1c2cccnc2c(C)c2c3c([nH]c12)CCCC3. The number of hydrogen-bond acceptors (Lipinski definition) is 1. The van der Waals surface area contributed by atoms with E-state index >= 15 is 0 Å². The van der Waals surface area contributed by atoms with Crippen LogP contribution in [0.4, 0.5) is 0 Å². The summed E-state index contributed by atoms with van der Waals surface area (Å²) >= 11 is 0. The van der Waals surface area contributed by atoms with Crippen LogP contribution in [-0.2, 0) is 12.8 Å². The van der Waals surface area contributed by atoms with Crippen LogP contribution in [0.5, 0.6) is 0 Å². The molecule has 0 aliphatic heterocycles. The Bertz CT molecular complexity index is 796. The summed E-state index contributed by atoms with van der Waals surface area (Å²) in [5.74, 6) is 0. The molecule has 96 valence electrons. The van der Waals surface area contributed by atoms with Crippen molar-refractivity contribution in [1.29, 1.82) is 0 Å². The summed E-state index contributed by atoms with van der Waals surface area (Å²) in [7, 11) is 0. The van der Waals surface area contributed by atoms with Crippen LogP contribution in [0.3, 0.4) is 0 Å². The molecule has 0 fully saturated rings. The Morgan fingerprint density at radius 2 is 1.95 bits per heavy atom. The number of aryl methyl sites for hydroxylation is 4. The van der Waals surface area contributed by atoms with E-state index in [-0.39, 0.29) is 0 Å². The number of rotatable bonds is 0. The number of aromatic amines is 1. The van der Waals surface area contributed by atoms with Crippen molar-refractivity contribution >= 4 is 21.8 Å². The molecular weight excluding hydrogens is 232 g/mol. The molecule has 1 aromatic carbocycles. The highest BCUT2D eigenvalue weighted by Gasteiger charge is 2.20. The minimum absolute atomic E-state index is 1.17. The molecule has 0 saturated heterocycles. The smallest absolute Gasteiger partial charge is 0.0741 e. The van der Waals surface area contributed by atoms with Crippen LogP contribution in [0.25, 0.3) is 21.8 Å². The van der Waals surface area contributed by atoms with Crippen molar-refractivity contribution < 1.29 is 0 Å². The Labute approximate surface area is 112 Å². The van der Waals surface area contributed by atoms with Gasteiger partial charge < -0.3 is 4.98 Å². The number of aromatic nitrogens is 2. The zero-order chi connectivity index (χ0) is 13.0. The molecule has 2 heterocycles. The van der Waals surface area contributed by atoms with Crippen LogP contribution >= 0.6 is 0 Å². The van der Waals surface area contributed by atoms with E-state index in [1.54, 1.807) is 5.56 Å². The number of hydrogen-bond donors (Lipinski definition) is 1. The molecule has 1 aliphatic carbocycles. The zero-order valence-electron chi connectivity index (χ0n) is 11.5. The summed E-state index contributed by atoms with van der Waals surface area (Å²) in [5, 5.41) is 2.73. The Balaban J connectivity index is 2.24. The summed E-state index contributed by atoms with van der Waals surface area (Å²) in [6, 6.07) is 4.22. The molecular formula is C17H18N2. The topological polar surface area (TPSA) is 28.7 Å². The van der Waals surface area contributed by atoms with Gasteiger partial charge in [0.1, 0.15) is 0 Å². The average Bonchev–Trinajstić information content (AvgIpc) is 2.84. The van der Waals surface area contributed by atoms with Gasteiger partial charge in [-0.2, -0.15) is 0 Å². The summed E-state index contributed by atoms with van der Waals surface area (Å²) < 4.78 is 0. The third-order valence-electron chi connectivity index (χ3n) is 4.61. The van der Waals surface area contributed by atoms with Crippen molar-refractivity contribution in [2.75, 3.05) is 0 Å². The van der Waals surface area contributed by atoms with E-state index in [0.29, 0.717) is 0 Å². The highest BCUT2D eigenvalue weighted by Crippen LogP contribution is 2.36. The molecule has 0 spiro atoms. The number of pyridine rings is 1. The molecule has 0 atom stereocenters. The number of H-pyrrole nitrogens is 1.